The minimum atomic E-state index is -0.257. The van der Waals surface area contributed by atoms with Crippen molar-refractivity contribution in [1.82, 2.24) is 5.32 Å². The smallest absolute Gasteiger partial charge is 0.225 e. The van der Waals surface area contributed by atoms with Crippen LogP contribution in [0.3, 0.4) is 0 Å². The topological polar surface area (TPSA) is 64.6 Å². The molecule has 1 aliphatic heterocycles. The molecule has 0 saturated carbocycles. The molecule has 2 atom stereocenters. The number of methoxy groups -OCH3 is 2. The van der Waals surface area contributed by atoms with Crippen molar-refractivity contribution >= 4 is 11.7 Å². The van der Waals surface area contributed by atoms with Crippen molar-refractivity contribution in [2.75, 3.05) is 14.2 Å². The van der Waals surface area contributed by atoms with Gasteiger partial charge in [-0.3, -0.25) is 9.59 Å². The maximum atomic E-state index is 13.1. The van der Waals surface area contributed by atoms with Crippen molar-refractivity contribution in [2.45, 2.75) is 31.1 Å². The number of hydrogen-bond acceptors (Lipinski definition) is 4. The Bertz CT molecular complexity index is 948. The van der Waals surface area contributed by atoms with Crippen LogP contribution in [0.25, 0.3) is 0 Å². The van der Waals surface area contributed by atoms with Gasteiger partial charge in [-0.1, -0.05) is 36.4 Å². The highest BCUT2D eigenvalue weighted by atomic mass is 16.5. The molecule has 0 saturated heterocycles. The van der Waals surface area contributed by atoms with Crippen LogP contribution in [0, 0.1) is 0 Å². The Morgan fingerprint density at radius 2 is 1.61 bits per heavy atom. The van der Waals surface area contributed by atoms with Gasteiger partial charge in [-0.25, -0.2) is 0 Å². The fourth-order valence-electron chi connectivity index (χ4n) is 4.28. The Morgan fingerprint density at radius 3 is 2.32 bits per heavy atom. The second kappa shape index (κ2) is 7.50. The average molecular weight is 377 g/mol. The van der Waals surface area contributed by atoms with Crippen LogP contribution in [0.5, 0.6) is 11.5 Å². The Kier molecular flexibility index (Phi) is 4.90. The standard InChI is InChI=1S/C23H23NO4/c1-27-20-9-8-15(12-21(20)28-2)17-13-22(26)24-18-10-16(11-19(25)23(17)18)14-6-4-3-5-7-14/h3-9,12,16-17H,10-11,13H2,1-2H3,(H,24,26)/t16-,17+/m1/s1. The van der Waals surface area contributed by atoms with Crippen LogP contribution in [-0.2, 0) is 9.59 Å². The van der Waals surface area contributed by atoms with Crippen LogP contribution in [0.15, 0.2) is 59.8 Å². The molecule has 0 fully saturated rings. The van der Waals surface area contributed by atoms with Crippen LogP contribution in [0.4, 0.5) is 0 Å². The van der Waals surface area contributed by atoms with Crippen molar-refractivity contribution in [2.24, 2.45) is 0 Å². The number of ketones is 1. The molecule has 5 heteroatoms. The van der Waals surface area contributed by atoms with Gasteiger partial charge in [0.05, 0.1) is 14.2 Å². The normalized spacial score (nSPS) is 21.8. The summed E-state index contributed by atoms with van der Waals surface area (Å²) in [5.41, 5.74) is 3.52. The molecule has 1 amide bonds. The summed E-state index contributed by atoms with van der Waals surface area (Å²) in [6, 6.07) is 15.6. The van der Waals surface area contributed by atoms with Gasteiger partial charge in [0, 0.05) is 30.0 Å². The summed E-state index contributed by atoms with van der Waals surface area (Å²) in [6.07, 6.45) is 1.39. The summed E-state index contributed by atoms with van der Waals surface area (Å²) in [6.45, 7) is 0. The highest BCUT2D eigenvalue weighted by Gasteiger charge is 2.38. The van der Waals surface area contributed by atoms with Gasteiger partial charge in [-0.15, -0.1) is 0 Å². The number of benzene rings is 2. The van der Waals surface area contributed by atoms with Gasteiger partial charge in [0.2, 0.25) is 5.91 Å². The third kappa shape index (κ3) is 3.28. The van der Waals surface area contributed by atoms with E-state index in [0.29, 0.717) is 24.3 Å². The second-order valence-electron chi connectivity index (χ2n) is 7.25. The van der Waals surface area contributed by atoms with E-state index in [1.54, 1.807) is 14.2 Å². The molecule has 0 unspecified atom stereocenters. The van der Waals surface area contributed by atoms with Gasteiger partial charge >= 0.3 is 0 Å². The van der Waals surface area contributed by atoms with E-state index in [0.717, 1.165) is 22.4 Å². The molecule has 2 aliphatic rings. The largest absolute Gasteiger partial charge is 0.493 e. The van der Waals surface area contributed by atoms with E-state index in [1.807, 2.05) is 48.5 Å². The number of ether oxygens (including phenoxy) is 2. The van der Waals surface area contributed by atoms with E-state index in [4.69, 9.17) is 9.47 Å². The lowest BCUT2D eigenvalue weighted by atomic mass is 9.73. The van der Waals surface area contributed by atoms with Gasteiger partial charge in [-0.05, 0) is 35.6 Å². The Balaban J connectivity index is 1.72. The monoisotopic (exact) mass is 377 g/mol. The number of hydrogen-bond donors (Lipinski definition) is 1. The minimum absolute atomic E-state index is 0.0555. The molecule has 0 spiro atoms. The fraction of sp³-hybridized carbons (Fsp3) is 0.304. The highest BCUT2D eigenvalue weighted by molar-refractivity contribution is 6.02. The van der Waals surface area contributed by atoms with Crippen molar-refractivity contribution in [3.8, 4) is 11.5 Å². The Morgan fingerprint density at radius 1 is 0.857 bits per heavy atom. The number of nitrogens with one attached hydrogen (secondary N) is 1. The lowest BCUT2D eigenvalue weighted by Crippen LogP contribution is -2.38. The summed E-state index contributed by atoms with van der Waals surface area (Å²) >= 11 is 0. The van der Waals surface area contributed by atoms with Crippen molar-refractivity contribution in [3.05, 3.63) is 70.9 Å². The summed E-state index contributed by atoms with van der Waals surface area (Å²) < 4.78 is 10.7. The molecule has 0 radical (unpaired) electrons. The third-order valence-electron chi connectivity index (χ3n) is 5.62. The van der Waals surface area contributed by atoms with Crippen LogP contribution in [0.1, 0.15) is 42.2 Å². The second-order valence-corrected chi connectivity index (χ2v) is 7.25. The number of rotatable bonds is 4. The van der Waals surface area contributed by atoms with E-state index in [2.05, 4.69) is 5.32 Å². The zero-order valence-corrected chi connectivity index (χ0v) is 16.0. The molecule has 1 N–H and O–H groups in total. The van der Waals surface area contributed by atoms with Crippen LogP contribution in [0.2, 0.25) is 0 Å². The number of amides is 1. The number of Topliss-reactive ketones (excluding diaryl/α,β-unsaturated/α-hetero) is 1. The van der Waals surface area contributed by atoms with Gasteiger partial charge in [0.25, 0.3) is 0 Å². The summed E-state index contributed by atoms with van der Waals surface area (Å²) in [4.78, 5) is 25.5. The molecule has 1 aliphatic carbocycles. The van der Waals surface area contributed by atoms with Crippen molar-refractivity contribution in [1.29, 1.82) is 0 Å². The lowest BCUT2D eigenvalue weighted by molar-refractivity contribution is -0.122. The number of carbonyl (C=O) groups excluding carboxylic acids is 2. The van der Waals surface area contributed by atoms with E-state index in [-0.39, 0.29) is 29.9 Å². The first kappa shape index (κ1) is 18.3. The van der Waals surface area contributed by atoms with Gasteiger partial charge in [0.1, 0.15) is 0 Å². The summed E-state index contributed by atoms with van der Waals surface area (Å²) in [7, 11) is 3.16. The predicted molar refractivity (Wildman–Crippen MR) is 105 cm³/mol. The molecule has 0 aromatic heterocycles. The van der Waals surface area contributed by atoms with Crippen molar-refractivity contribution < 1.29 is 19.1 Å². The van der Waals surface area contributed by atoms with Gasteiger partial charge in [0.15, 0.2) is 17.3 Å². The maximum Gasteiger partial charge on any atom is 0.225 e. The molecule has 2 aromatic carbocycles. The SMILES string of the molecule is COc1ccc([C@@H]2CC(=O)NC3=C2C(=O)C[C@H](c2ccccc2)C3)cc1OC. The van der Waals surface area contributed by atoms with E-state index >= 15 is 0 Å². The van der Waals surface area contributed by atoms with Crippen LogP contribution < -0.4 is 14.8 Å². The molecule has 5 nitrogen and oxygen atoms in total. The fourth-order valence-corrected chi connectivity index (χ4v) is 4.28. The maximum absolute atomic E-state index is 13.1. The molecule has 4 rings (SSSR count). The van der Waals surface area contributed by atoms with Gasteiger partial charge < -0.3 is 14.8 Å². The Labute approximate surface area is 164 Å². The van der Waals surface area contributed by atoms with E-state index in [9.17, 15) is 9.59 Å². The van der Waals surface area contributed by atoms with Gasteiger partial charge in [-0.2, -0.15) is 0 Å². The predicted octanol–water partition coefficient (Wildman–Crippen LogP) is 3.71. The molecule has 28 heavy (non-hydrogen) atoms. The van der Waals surface area contributed by atoms with Crippen LogP contribution >= 0.6 is 0 Å². The Hall–Kier alpha value is -3.08. The minimum Gasteiger partial charge on any atom is -0.493 e. The number of allylic oxidation sites excluding steroid dienone is 2. The molecule has 0 bridgehead atoms. The van der Waals surface area contributed by atoms with E-state index in [1.165, 1.54) is 0 Å². The third-order valence-corrected chi connectivity index (χ3v) is 5.62. The first-order valence-electron chi connectivity index (χ1n) is 9.43. The molecule has 1 heterocycles. The molecular formula is C23H23NO4. The van der Waals surface area contributed by atoms with Crippen molar-refractivity contribution in [3.63, 3.8) is 0 Å². The molecular weight excluding hydrogens is 354 g/mol. The van der Waals surface area contributed by atoms with E-state index < -0.39 is 0 Å². The highest BCUT2D eigenvalue weighted by Crippen LogP contribution is 2.43. The summed E-state index contributed by atoms with van der Waals surface area (Å²) in [5, 5.41) is 2.96. The average Bonchev–Trinajstić information content (AvgIpc) is 2.72. The lowest BCUT2D eigenvalue weighted by Gasteiger charge is -2.34. The molecule has 2 aromatic rings. The van der Waals surface area contributed by atoms with Crippen LogP contribution in [-0.4, -0.2) is 25.9 Å². The molecule has 144 valence electrons. The first-order chi connectivity index (χ1) is 13.6. The number of carbonyl (C=O) groups is 2. The quantitative estimate of drug-likeness (QED) is 0.882. The zero-order valence-electron chi connectivity index (χ0n) is 16.0. The first-order valence-corrected chi connectivity index (χ1v) is 9.43. The summed E-state index contributed by atoms with van der Waals surface area (Å²) in [5.74, 6) is 1.11. The zero-order chi connectivity index (χ0) is 19.7.